The number of aromatic amines is 1. The molecular formula is C15H16FNO2. The van der Waals surface area contributed by atoms with E-state index in [0.29, 0.717) is 17.0 Å². The second-order valence-corrected chi connectivity index (χ2v) is 4.93. The molecule has 0 bridgehead atoms. The SMILES string of the molecule is Cc1cc(-c2cc(C(=O)O)c(C(C)C)[nH]2)ccc1F. The lowest BCUT2D eigenvalue weighted by atomic mass is 10.1. The number of hydrogen-bond acceptors (Lipinski definition) is 1. The Balaban J connectivity index is 2.54. The number of carboxylic acids is 1. The molecule has 1 aromatic heterocycles. The summed E-state index contributed by atoms with van der Waals surface area (Å²) in [5.74, 6) is -1.13. The third kappa shape index (κ3) is 2.52. The molecule has 2 N–H and O–H groups in total. The van der Waals surface area contributed by atoms with Crippen LogP contribution < -0.4 is 0 Å². The minimum Gasteiger partial charge on any atom is -0.478 e. The first-order valence-electron chi connectivity index (χ1n) is 6.13. The zero-order chi connectivity index (χ0) is 14.2. The zero-order valence-electron chi connectivity index (χ0n) is 11.1. The molecule has 0 spiro atoms. The number of hydrogen-bond donors (Lipinski definition) is 2. The van der Waals surface area contributed by atoms with Crippen LogP contribution in [0.3, 0.4) is 0 Å². The number of carbonyl (C=O) groups is 1. The predicted octanol–water partition coefficient (Wildman–Crippen LogP) is 3.95. The Hall–Kier alpha value is -2.10. The summed E-state index contributed by atoms with van der Waals surface area (Å²) in [5.41, 5.74) is 2.98. The summed E-state index contributed by atoms with van der Waals surface area (Å²) in [6, 6.07) is 6.34. The van der Waals surface area contributed by atoms with Gasteiger partial charge in [-0.2, -0.15) is 0 Å². The molecule has 0 saturated carbocycles. The van der Waals surface area contributed by atoms with Crippen LogP contribution in [-0.4, -0.2) is 16.1 Å². The van der Waals surface area contributed by atoms with Gasteiger partial charge in [0.25, 0.3) is 0 Å². The zero-order valence-corrected chi connectivity index (χ0v) is 11.1. The molecule has 1 heterocycles. The van der Waals surface area contributed by atoms with Crippen LogP contribution in [0.15, 0.2) is 24.3 Å². The molecule has 0 fully saturated rings. The number of benzene rings is 1. The van der Waals surface area contributed by atoms with Crippen molar-refractivity contribution in [2.45, 2.75) is 26.7 Å². The van der Waals surface area contributed by atoms with E-state index >= 15 is 0 Å². The molecule has 0 aliphatic rings. The highest BCUT2D eigenvalue weighted by molar-refractivity contribution is 5.91. The van der Waals surface area contributed by atoms with Crippen molar-refractivity contribution < 1.29 is 14.3 Å². The molecule has 2 rings (SSSR count). The lowest BCUT2D eigenvalue weighted by Gasteiger charge is -2.04. The standard InChI is InChI=1S/C15H16FNO2/c1-8(2)14-11(15(18)19)7-13(17-14)10-4-5-12(16)9(3)6-10/h4-8,17H,1-3H3,(H,18,19). The Morgan fingerprint density at radius 2 is 2.00 bits per heavy atom. The van der Waals surface area contributed by atoms with Crippen LogP contribution in [0.2, 0.25) is 0 Å². The molecule has 2 aromatic rings. The molecule has 0 radical (unpaired) electrons. The smallest absolute Gasteiger partial charge is 0.337 e. The monoisotopic (exact) mass is 261 g/mol. The second kappa shape index (κ2) is 4.88. The molecule has 0 saturated heterocycles. The fraction of sp³-hybridized carbons (Fsp3) is 0.267. The quantitative estimate of drug-likeness (QED) is 0.878. The van der Waals surface area contributed by atoms with Gasteiger partial charge in [0.2, 0.25) is 0 Å². The fourth-order valence-corrected chi connectivity index (χ4v) is 2.07. The number of nitrogens with one attached hydrogen (secondary N) is 1. The average molecular weight is 261 g/mol. The number of aromatic carboxylic acids is 1. The van der Waals surface area contributed by atoms with Crippen LogP contribution in [0.25, 0.3) is 11.3 Å². The van der Waals surface area contributed by atoms with Crippen molar-refractivity contribution in [3.8, 4) is 11.3 Å². The molecule has 100 valence electrons. The number of halogens is 1. The third-order valence-electron chi connectivity index (χ3n) is 3.12. The van der Waals surface area contributed by atoms with Gasteiger partial charge in [-0.05, 0) is 48.2 Å². The van der Waals surface area contributed by atoms with Gasteiger partial charge in [-0.25, -0.2) is 9.18 Å². The summed E-state index contributed by atoms with van der Waals surface area (Å²) >= 11 is 0. The number of aryl methyl sites for hydroxylation is 1. The highest BCUT2D eigenvalue weighted by Crippen LogP contribution is 2.27. The third-order valence-corrected chi connectivity index (χ3v) is 3.12. The minimum atomic E-state index is -0.954. The largest absolute Gasteiger partial charge is 0.478 e. The Kier molecular flexibility index (Phi) is 3.42. The summed E-state index contributed by atoms with van der Waals surface area (Å²) in [4.78, 5) is 14.3. The number of H-pyrrole nitrogens is 1. The molecule has 0 atom stereocenters. The molecule has 0 unspecified atom stereocenters. The van der Waals surface area contributed by atoms with Gasteiger partial charge in [-0.3, -0.25) is 0 Å². The van der Waals surface area contributed by atoms with Crippen molar-refractivity contribution in [2.24, 2.45) is 0 Å². The van der Waals surface area contributed by atoms with Crippen molar-refractivity contribution >= 4 is 5.97 Å². The van der Waals surface area contributed by atoms with Gasteiger partial charge in [0.05, 0.1) is 5.56 Å². The normalized spacial score (nSPS) is 11.0. The lowest BCUT2D eigenvalue weighted by molar-refractivity contribution is 0.0695. The van der Waals surface area contributed by atoms with Crippen LogP contribution in [-0.2, 0) is 0 Å². The Morgan fingerprint density at radius 1 is 1.32 bits per heavy atom. The molecule has 0 aliphatic carbocycles. The molecule has 0 aliphatic heterocycles. The fourth-order valence-electron chi connectivity index (χ4n) is 2.07. The van der Waals surface area contributed by atoms with Gasteiger partial charge in [-0.1, -0.05) is 13.8 Å². The maximum atomic E-state index is 13.3. The summed E-state index contributed by atoms with van der Waals surface area (Å²) in [5, 5.41) is 9.19. The molecule has 3 nitrogen and oxygen atoms in total. The molecule has 4 heteroatoms. The summed E-state index contributed by atoms with van der Waals surface area (Å²) in [6.45, 7) is 5.54. The van der Waals surface area contributed by atoms with Crippen LogP contribution in [0.5, 0.6) is 0 Å². The van der Waals surface area contributed by atoms with Crippen LogP contribution in [0.1, 0.15) is 41.4 Å². The topological polar surface area (TPSA) is 53.1 Å². The lowest BCUT2D eigenvalue weighted by Crippen LogP contribution is -2.01. The van der Waals surface area contributed by atoms with Crippen molar-refractivity contribution in [3.05, 3.63) is 46.9 Å². The van der Waals surface area contributed by atoms with E-state index in [-0.39, 0.29) is 17.3 Å². The van der Waals surface area contributed by atoms with Crippen molar-refractivity contribution in [2.75, 3.05) is 0 Å². The maximum absolute atomic E-state index is 13.3. The number of rotatable bonds is 3. The van der Waals surface area contributed by atoms with E-state index in [1.54, 1.807) is 25.1 Å². The van der Waals surface area contributed by atoms with Gasteiger partial charge >= 0.3 is 5.97 Å². The van der Waals surface area contributed by atoms with Crippen LogP contribution in [0.4, 0.5) is 4.39 Å². The summed E-state index contributed by atoms with van der Waals surface area (Å²) in [6.07, 6.45) is 0. The highest BCUT2D eigenvalue weighted by atomic mass is 19.1. The Morgan fingerprint density at radius 3 is 2.47 bits per heavy atom. The first-order chi connectivity index (χ1) is 8.90. The van der Waals surface area contributed by atoms with E-state index in [1.165, 1.54) is 6.07 Å². The summed E-state index contributed by atoms with van der Waals surface area (Å²) in [7, 11) is 0. The molecular weight excluding hydrogens is 245 g/mol. The van der Waals surface area contributed by atoms with Gasteiger partial charge < -0.3 is 10.1 Å². The first-order valence-corrected chi connectivity index (χ1v) is 6.13. The molecule has 0 amide bonds. The van der Waals surface area contributed by atoms with Crippen LogP contribution in [0, 0.1) is 12.7 Å². The maximum Gasteiger partial charge on any atom is 0.337 e. The Bertz CT molecular complexity index is 629. The van der Waals surface area contributed by atoms with E-state index in [4.69, 9.17) is 0 Å². The number of carboxylic acid groups (broad SMARTS) is 1. The van der Waals surface area contributed by atoms with Gasteiger partial charge in [0.1, 0.15) is 5.82 Å². The van der Waals surface area contributed by atoms with Crippen LogP contribution >= 0.6 is 0 Å². The van der Waals surface area contributed by atoms with Crippen molar-refractivity contribution in [3.63, 3.8) is 0 Å². The second-order valence-electron chi connectivity index (χ2n) is 4.93. The first kappa shape index (κ1) is 13.3. The van der Waals surface area contributed by atoms with E-state index in [2.05, 4.69) is 4.98 Å². The highest BCUT2D eigenvalue weighted by Gasteiger charge is 2.17. The Labute approximate surface area is 111 Å². The van der Waals surface area contributed by atoms with E-state index in [0.717, 1.165) is 5.56 Å². The van der Waals surface area contributed by atoms with Gasteiger partial charge in [0, 0.05) is 11.4 Å². The van der Waals surface area contributed by atoms with Crippen molar-refractivity contribution in [1.82, 2.24) is 4.98 Å². The minimum absolute atomic E-state index is 0.0846. The van der Waals surface area contributed by atoms with E-state index in [9.17, 15) is 14.3 Å². The van der Waals surface area contributed by atoms with Crippen molar-refractivity contribution in [1.29, 1.82) is 0 Å². The van der Waals surface area contributed by atoms with E-state index < -0.39 is 5.97 Å². The van der Waals surface area contributed by atoms with Gasteiger partial charge in [-0.15, -0.1) is 0 Å². The molecule has 19 heavy (non-hydrogen) atoms. The molecule has 1 aromatic carbocycles. The average Bonchev–Trinajstić information content (AvgIpc) is 2.78. The predicted molar refractivity (Wildman–Crippen MR) is 72.0 cm³/mol. The van der Waals surface area contributed by atoms with E-state index in [1.807, 2.05) is 13.8 Å². The number of aromatic nitrogens is 1. The van der Waals surface area contributed by atoms with Gasteiger partial charge in [0.15, 0.2) is 0 Å². The summed E-state index contributed by atoms with van der Waals surface area (Å²) < 4.78 is 13.3.